The lowest BCUT2D eigenvalue weighted by Gasteiger charge is -2.01. The zero-order valence-corrected chi connectivity index (χ0v) is 10.4. The monoisotopic (exact) mass is 252 g/mol. The summed E-state index contributed by atoms with van der Waals surface area (Å²) in [5.74, 6) is 1.37. The maximum Gasteiger partial charge on any atom is 0.213 e. The van der Waals surface area contributed by atoms with Crippen molar-refractivity contribution in [2.75, 3.05) is 7.11 Å². The van der Waals surface area contributed by atoms with Crippen LogP contribution < -0.4 is 4.74 Å². The van der Waals surface area contributed by atoms with Crippen molar-refractivity contribution in [1.29, 1.82) is 0 Å². The van der Waals surface area contributed by atoms with E-state index in [1.54, 1.807) is 30.4 Å². The molecule has 3 aromatic heterocycles. The summed E-state index contributed by atoms with van der Waals surface area (Å²) in [4.78, 5) is 8.34. The molecule has 0 N–H and O–H groups in total. The van der Waals surface area contributed by atoms with E-state index in [1.807, 2.05) is 36.5 Å². The van der Waals surface area contributed by atoms with E-state index in [9.17, 15) is 0 Å². The molecule has 0 aliphatic heterocycles. The van der Waals surface area contributed by atoms with E-state index in [0.29, 0.717) is 5.88 Å². The topological polar surface area (TPSA) is 52.8 Å². The summed E-state index contributed by atoms with van der Waals surface area (Å²) < 4.78 is 6.86. The Bertz CT molecular complexity index is 679. The molecule has 5 heteroatoms. The average molecular weight is 252 g/mol. The Labute approximate surface area is 110 Å². The highest BCUT2D eigenvalue weighted by Crippen LogP contribution is 2.22. The number of hydrogen-bond donors (Lipinski definition) is 0. The van der Waals surface area contributed by atoms with E-state index >= 15 is 0 Å². The van der Waals surface area contributed by atoms with Crippen molar-refractivity contribution >= 4 is 0 Å². The molecule has 0 atom stereocenters. The van der Waals surface area contributed by atoms with Crippen molar-refractivity contribution in [3.8, 4) is 22.8 Å². The largest absolute Gasteiger partial charge is 0.481 e. The number of ether oxygens (including phenoxy) is 1. The molecule has 3 heterocycles. The Hall–Kier alpha value is -2.69. The molecule has 3 rings (SSSR count). The number of rotatable bonds is 3. The third-order valence-corrected chi connectivity index (χ3v) is 2.74. The standard InChI is InChI=1S/C14H12N4O/c1-19-14-8-11(5-7-16-14)12-9-17-18(10-12)13-4-2-3-6-15-13/h2-10H,1H3. The molecule has 0 unspecified atom stereocenters. The van der Waals surface area contributed by atoms with E-state index in [4.69, 9.17) is 4.74 Å². The number of methoxy groups -OCH3 is 1. The molecule has 0 saturated heterocycles. The van der Waals surface area contributed by atoms with Gasteiger partial charge in [-0.15, -0.1) is 0 Å². The molecule has 0 aromatic carbocycles. The van der Waals surface area contributed by atoms with Crippen molar-refractivity contribution in [2.24, 2.45) is 0 Å². The molecular formula is C14H12N4O. The van der Waals surface area contributed by atoms with Gasteiger partial charge in [-0.2, -0.15) is 5.10 Å². The second kappa shape index (κ2) is 4.89. The van der Waals surface area contributed by atoms with Gasteiger partial charge in [-0.25, -0.2) is 14.6 Å². The summed E-state index contributed by atoms with van der Waals surface area (Å²) in [5.41, 5.74) is 2.00. The minimum absolute atomic E-state index is 0.586. The molecule has 19 heavy (non-hydrogen) atoms. The summed E-state index contributed by atoms with van der Waals surface area (Å²) in [6, 6.07) is 9.51. The number of aromatic nitrogens is 4. The van der Waals surface area contributed by atoms with Crippen LogP contribution in [0.15, 0.2) is 55.1 Å². The SMILES string of the molecule is COc1cc(-c2cnn(-c3ccccn3)c2)ccn1. The molecule has 0 radical (unpaired) electrons. The van der Waals surface area contributed by atoms with Crippen LogP contribution in [-0.2, 0) is 0 Å². The van der Waals surface area contributed by atoms with Gasteiger partial charge in [-0.1, -0.05) is 6.07 Å². The fraction of sp³-hybridized carbons (Fsp3) is 0.0714. The van der Waals surface area contributed by atoms with Crippen LogP contribution in [0.3, 0.4) is 0 Å². The predicted octanol–water partition coefficient (Wildman–Crippen LogP) is 2.34. The van der Waals surface area contributed by atoms with Crippen molar-refractivity contribution in [1.82, 2.24) is 19.7 Å². The molecule has 0 amide bonds. The first-order chi connectivity index (χ1) is 9.36. The normalized spacial score (nSPS) is 10.4. The van der Waals surface area contributed by atoms with Crippen molar-refractivity contribution in [2.45, 2.75) is 0 Å². The van der Waals surface area contributed by atoms with Gasteiger partial charge < -0.3 is 4.74 Å². The Morgan fingerprint density at radius 1 is 1.05 bits per heavy atom. The average Bonchev–Trinajstić information content (AvgIpc) is 2.98. The molecule has 0 spiro atoms. The van der Waals surface area contributed by atoms with E-state index in [1.165, 1.54) is 0 Å². The smallest absolute Gasteiger partial charge is 0.213 e. The van der Waals surface area contributed by atoms with Crippen LogP contribution in [0.2, 0.25) is 0 Å². The molecule has 0 bridgehead atoms. The molecule has 0 aliphatic rings. The first kappa shape index (κ1) is 11.4. The van der Waals surface area contributed by atoms with Crippen molar-refractivity contribution in [3.05, 3.63) is 55.1 Å². The highest BCUT2D eigenvalue weighted by atomic mass is 16.5. The second-order valence-corrected chi connectivity index (χ2v) is 3.95. The fourth-order valence-electron chi connectivity index (χ4n) is 1.79. The number of nitrogens with zero attached hydrogens (tertiary/aromatic N) is 4. The Morgan fingerprint density at radius 2 is 2.00 bits per heavy atom. The van der Waals surface area contributed by atoms with Gasteiger partial charge in [0.1, 0.15) is 0 Å². The van der Waals surface area contributed by atoms with Crippen LogP contribution in [0.25, 0.3) is 16.9 Å². The van der Waals surface area contributed by atoms with Crippen molar-refractivity contribution in [3.63, 3.8) is 0 Å². The van der Waals surface area contributed by atoms with Gasteiger partial charge in [0.25, 0.3) is 0 Å². The van der Waals surface area contributed by atoms with Crippen molar-refractivity contribution < 1.29 is 4.74 Å². The lowest BCUT2D eigenvalue weighted by Crippen LogP contribution is -1.95. The van der Waals surface area contributed by atoms with Gasteiger partial charge in [0.05, 0.1) is 13.3 Å². The van der Waals surface area contributed by atoms with Crippen LogP contribution in [0, 0.1) is 0 Å². The lowest BCUT2D eigenvalue weighted by atomic mass is 10.1. The van der Waals surface area contributed by atoms with E-state index in [2.05, 4.69) is 15.1 Å². The van der Waals surface area contributed by atoms with Crippen LogP contribution in [0.4, 0.5) is 0 Å². The lowest BCUT2D eigenvalue weighted by molar-refractivity contribution is 0.398. The zero-order valence-electron chi connectivity index (χ0n) is 10.4. The fourth-order valence-corrected chi connectivity index (χ4v) is 1.79. The Balaban J connectivity index is 1.97. The summed E-state index contributed by atoms with van der Waals surface area (Å²) >= 11 is 0. The summed E-state index contributed by atoms with van der Waals surface area (Å²) in [6.07, 6.45) is 7.18. The van der Waals surface area contributed by atoms with Crippen LogP contribution in [-0.4, -0.2) is 26.9 Å². The van der Waals surface area contributed by atoms with Gasteiger partial charge in [-0.3, -0.25) is 0 Å². The minimum Gasteiger partial charge on any atom is -0.481 e. The third kappa shape index (κ3) is 2.30. The number of pyridine rings is 2. The van der Waals surface area contributed by atoms with Crippen LogP contribution in [0.1, 0.15) is 0 Å². The molecule has 0 fully saturated rings. The highest BCUT2D eigenvalue weighted by molar-refractivity contribution is 5.62. The quantitative estimate of drug-likeness (QED) is 0.718. The first-order valence-electron chi connectivity index (χ1n) is 5.83. The van der Waals surface area contributed by atoms with Crippen LogP contribution in [0.5, 0.6) is 5.88 Å². The molecular weight excluding hydrogens is 240 g/mol. The summed E-state index contributed by atoms with van der Waals surface area (Å²) in [7, 11) is 1.60. The molecule has 94 valence electrons. The molecule has 0 saturated carbocycles. The van der Waals surface area contributed by atoms with Gasteiger partial charge in [-0.05, 0) is 23.8 Å². The Kier molecular flexibility index (Phi) is 2.94. The van der Waals surface area contributed by atoms with Gasteiger partial charge in [0.15, 0.2) is 5.82 Å². The van der Waals surface area contributed by atoms with Gasteiger partial charge in [0.2, 0.25) is 5.88 Å². The van der Waals surface area contributed by atoms with Crippen LogP contribution >= 0.6 is 0 Å². The predicted molar refractivity (Wildman–Crippen MR) is 71.1 cm³/mol. The molecule has 3 aromatic rings. The second-order valence-electron chi connectivity index (χ2n) is 3.95. The highest BCUT2D eigenvalue weighted by Gasteiger charge is 2.05. The van der Waals surface area contributed by atoms with E-state index in [0.717, 1.165) is 16.9 Å². The molecule has 5 nitrogen and oxygen atoms in total. The summed E-state index contributed by atoms with van der Waals surface area (Å²) in [5, 5.41) is 4.31. The maximum absolute atomic E-state index is 5.12. The third-order valence-electron chi connectivity index (χ3n) is 2.74. The number of hydrogen-bond acceptors (Lipinski definition) is 4. The first-order valence-corrected chi connectivity index (χ1v) is 5.83. The van der Waals surface area contributed by atoms with E-state index < -0.39 is 0 Å². The molecule has 0 aliphatic carbocycles. The maximum atomic E-state index is 5.12. The van der Waals surface area contributed by atoms with Gasteiger partial charge >= 0.3 is 0 Å². The minimum atomic E-state index is 0.586. The Morgan fingerprint density at radius 3 is 2.79 bits per heavy atom. The zero-order chi connectivity index (χ0) is 13.1. The van der Waals surface area contributed by atoms with E-state index in [-0.39, 0.29) is 0 Å². The van der Waals surface area contributed by atoms with Gasteiger partial charge in [0, 0.05) is 30.2 Å². The summed E-state index contributed by atoms with van der Waals surface area (Å²) in [6.45, 7) is 0.